The SMILES string of the molecule is Cc1cc(NC(=O)c2ccc(CN3CCNC(=O)C3)cc2)nn1Cc1cc(Cl)ccc1OCC(C)C. The van der Waals surface area contributed by atoms with Crippen LogP contribution in [0.25, 0.3) is 0 Å². The van der Waals surface area contributed by atoms with E-state index in [0.717, 1.165) is 29.1 Å². The molecule has 2 heterocycles. The minimum Gasteiger partial charge on any atom is -0.493 e. The van der Waals surface area contributed by atoms with Crippen LogP contribution < -0.4 is 15.4 Å². The molecular weight excluding hydrogens is 478 g/mol. The number of ether oxygens (including phenoxy) is 1. The average Bonchev–Trinajstić information content (AvgIpc) is 3.17. The summed E-state index contributed by atoms with van der Waals surface area (Å²) in [6.45, 7) is 9.77. The standard InChI is InChI=1S/C27H32ClN5O3/c1-18(2)17-36-24-9-8-23(28)13-22(24)15-33-19(3)12-25(31-33)30-27(35)21-6-4-20(5-7-21)14-32-11-10-29-26(34)16-32/h4-9,12-13,18H,10-11,14-17H2,1-3H3,(H,29,34)(H,30,31,35). The number of benzene rings is 2. The predicted molar refractivity (Wildman–Crippen MR) is 141 cm³/mol. The van der Waals surface area contributed by atoms with Gasteiger partial charge in [-0.1, -0.05) is 37.6 Å². The van der Waals surface area contributed by atoms with Gasteiger partial charge in [0, 0.05) is 47.5 Å². The molecule has 2 amide bonds. The molecule has 9 heteroatoms. The summed E-state index contributed by atoms with van der Waals surface area (Å²) >= 11 is 6.24. The Labute approximate surface area is 216 Å². The molecule has 0 radical (unpaired) electrons. The molecule has 2 N–H and O–H groups in total. The minimum atomic E-state index is -0.229. The molecule has 0 atom stereocenters. The average molecular weight is 510 g/mol. The maximum atomic E-state index is 12.8. The number of rotatable bonds is 9. The molecule has 0 spiro atoms. The fraction of sp³-hybridized carbons (Fsp3) is 0.370. The lowest BCUT2D eigenvalue weighted by Crippen LogP contribution is -2.47. The second-order valence-electron chi connectivity index (χ2n) is 9.50. The Hall–Kier alpha value is -3.36. The molecule has 0 unspecified atom stereocenters. The molecule has 3 aromatic rings. The molecular formula is C27H32ClN5O3. The van der Waals surface area contributed by atoms with Crippen LogP contribution in [0, 0.1) is 12.8 Å². The Morgan fingerprint density at radius 1 is 1.17 bits per heavy atom. The van der Waals surface area contributed by atoms with E-state index in [9.17, 15) is 9.59 Å². The van der Waals surface area contributed by atoms with E-state index in [2.05, 4.69) is 34.5 Å². The lowest BCUT2D eigenvalue weighted by atomic mass is 10.1. The van der Waals surface area contributed by atoms with Crippen molar-refractivity contribution in [2.75, 3.05) is 31.6 Å². The molecule has 8 nitrogen and oxygen atoms in total. The van der Waals surface area contributed by atoms with Gasteiger partial charge in [-0.3, -0.25) is 19.2 Å². The fourth-order valence-corrected chi connectivity index (χ4v) is 4.19. The van der Waals surface area contributed by atoms with E-state index in [0.29, 0.717) is 55.1 Å². The molecule has 1 aliphatic rings. The molecule has 190 valence electrons. The number of amides is 2. The summed E-state index contributed by atoms with van der Waals surface area (Å²) in [7, 11) is 0. The maximum absolute atomic E-state index is 12.8. The number of aryl methyl sites for hydroxylation is 1. The summed E-state index contributed by atoms with van der Waals surface area (Å²) in [4.78, 5) is 26.5. The van der Waals surface area contributed by atoms with Gasteiger partial charge in [-0.2, -0.15) is 5.10 Å². The number of aromatic nitrogens is 2. The van der Waals surface area contributed by atoms with Gasteiger partial charge in [0.05, 0.1) is 19.7 Å². The van der Waals surface area contributed by atoms with Gasteiger partial charge in [0.15, 0.2) is 5.82 Å². The molecule has 36 heavy (non-hydrogen) atoms. The first-order chi connectivity index (χ1) is 17.3. The molecule has 1 saturated heterocycles. The highest BCUT2D eigenvalue weighted by Crippen LogP contribution is 2.25. The monoisotopic (exact) mass is 509 g/mol. The lowest BCUT2D eigenvalue weighted by molar-refractivity contribution is -0.124. The van der Waals surface area contributed by atoms with Crippen molar-refractivity contribution in [3.05, 3.63) is 75.9 Å². The quantitative estimate of drug-likeness (QED) is 0.453. The number of carbonyl (C=O) groups excluding carboxylic acids is 2. The second kappa shape index (κ2) is 11.6. The van der Waals surface area contributed by atoms with Gasteiger partial charge in [0.1, 0.15) is 5.75 Å². The van der Waals surface area contributed by atoms with Crippen LogP contribution in [0.2, 0.25) is 5.02 Å². The van der Waals surface area contributed by atoms with Gasteiger partial charge in [0.25, 0.3) is 5.91 Å². The normalized spacial score (nSPS) is 14.1. The van der Waals surface area contributed by atoms with Crippen LogP contribution in [-0.4, -0.2) is 52.7 Å². The van der Waals surface area contributed by atoms with Gasteiger partial charge >= 0.3 is 0 Å². The highest BCUT2D eigenvalue weighted by molar-refractivity contribution is 6.30. The summed E-state index contributed by atoms with van der Waals surface area (Å²) in [5, 5.41) is 10.9. The Morgan fingerprint density at radius 3 is 2.67 bits per heavy atom. The third kappa shape index (κ3) is 6.86. The number of hydrogen-bond acceptors (Lipinski definition) is 5. The number of piperazine rings is 1. The van der Waals surface area contributed by atoms with Crippen molar-refractivity contribution in [3.8, 4) is 5.75 Å². The van der Waals surface area contributed by atoms with Crippen LogP contribution in [0.5, 0.6) is 5.75 Å². The van der Waals surface area contributed by atoms with Gasteiger partial charge in [-0.15, -0.1) is 0 Å². The Bertz CT molecular complexity index is 1220. The summed E-state index contributed by atoms with van der Waals surface area (Å²) < 4.78 is 7.79. The number of anilines is 1. The van der Waals surface area contributed by atoms with Crippen molar-refractivity contribution >= 4 is 29.2 Å². The summed E-state index contributed by atoms with van der Waals surface area (Å²) in [6, 6.07) is 14.8. The highest BCUT2D eigenvalue weighted by Gasteiger charge is 2.17. The van der Waals surface area contributed by atoms with E-state index in [1.807, 2.05) is 48.0 Å². The summed E-state index contributed by atoms with van der Waals surface area (Å²) in [5.41, 5.74) is 3.43. The third-order valence-corrected chi connectivity index (χ3v) is 6.11. The van der Waals surface area contributed by atoms with Crippen LogP contribution in [-0.2, 0) is 17.9 Å². The summed E-state index contributed by atoms with van der Waals surface area (Å²) in [6.07, 6.45) is 0. The smallest absolute Gasteiger partial charge is 0.256 e. The van der Waals surface area contributed by atoms with Gasteiger partial charge in [-0.05, 0) is 48.7 Å². The zero-order valence-corrected chi connectivity index (χ0v) is 21.6. The van der Waals surface area contributed by atoms with Gasteiger partial charge in [0.2, 0.25) is 5.91 Å². The van der Waals surface area contributed by atoms with Crippen LogP contribution in [0.3, 0.4) is 0 Å². The number of halogens is 1. The van der Waals surface area contributed by atoms with Gasteiger partial charge in [-0.25, -0.2) is 0 Å². The van der Waals surface area contributed by atoms with Crippen LogP contribution in [0.15, 0.2) is 48.5 Å². The first-order valence-corrected chi connectivity index (χ1v) is 12.5. The van der Waals surface area contributed by atoms with E-state index >= 15 is 0 Å². The highest BCUT2D eigenvalue weighted by atomic mass is 35.5. The first-order valence-electron chi connectivity index (χ1n) is 12.1. The van der Waals surface area contributed by atoms with Crippen LogP contribution >= 0.6 is 11.6 Å². The van der Waals surface area contributed by atoms with E-state index in [4.69, 9.17) is 16.3 Å². The van der Waals surface area contributed by atoms with Crippen molar-refractivity contribution in [1.29, 1.82) is 0 Å². The number of hydrogen-bond donors (Lipinski definition) is 2. The number of nitrogens with zero attached hydrogens (tertiary/aromatic N) is 3. The number of carbonyl (C=O) groups is 2. The molecule has 4 rings (SSSR count). The predicted octanol–water partition coefficient (Wildman–Crippen LogP) is 4.11. The summed E-state index contributed by atoms with van der Waals surface area (Å²) in [5.74, 6) is 1.47. The Kier molecular flexibility index (Phi) is 8.28. The van der Waals surface area contributed by atoms with Gasteiger partial charge < -0.3 is 15.4 Å². The minimum absolute atomic E-state index is 0.0432. The Morgan fingerprint density at radius 2 is 1.94 bits per heavy atom. The van der Waals surface area contributed by atoms with Crippen molar-refractivity contribution in [3.63, 3.8) is 0 Å². The van der Waals surface area contributed by atoms with Crippen LogP contribution in [0.4, 0.5) is 5.82 Å². The molecule has 2 aromatic carbocycles. The zero-order valence-electron chi connectivity index (χ0n) is 20.9. The fourth-order valence-electron chi connectivity index (χ4n) is 4.00. The van der Waals surface area contributed by atoms with E-state index in [-0.39, 0.29) is 11.8 Å². The van der Waals surface area contributed by atoms with Crippen molar-refractivity contribution in [2.45, 2.75) is 33.9 Å². The van der Waals surface area contributed by atoms with E-state index in [1.54, 1.807) is 12.1 Å². The van der Waals surface area contributed by atoms with E-state index in [1.165, 1.54) is 0 Å². The zero-order chi connectivity index (χ0) is 25.7. The molecule has 1 aromatic heterocycles. The van der Waals surface area contributed by atoms with Crippen molar-refractivity contribution in [1.82, 2.24) is 20.0 Å². The van der Waals surface area contributed by atoms with Crippen molar-refractivity contribution < 1.29 is 14.3 Å². The Balaban J connectivity index is 1.39. The molecule has 0 bridgehead atoms. The van der Waals surface area contributed by atoms with E-state index < -0.39 is 0 Å². The lowest BCUT2D eigenvalue weighted by Gasteiger charge is -2.26. The first kappa shape index (κ1) is 25.7. The van der Waals surface area contributed by atoms with Crippen molar-refractivity contribution in [2.24, 2.45) is 5.92 Å². The second-order valence-corrected chi connectivity index (χ2v) is 9.93. The third-order valence-electron chi connectivity index (χ3n) is 5.88. The number of nitrogens with one attached hydrogen (secondary N) is 2. The largest absolute Gasteiger partial charge is 0.493 e. The molecule has 0 saturated carbocycles. The van der Waals surface area contributed by atoms with Crippen LogP contribution in [0.1, 0.15) is 41.0 Å². The molecule has 1 fully saturated rings. The maximum Gasteiger partial charge on any atom is 0.256 e. The molecule has 1 aliphatic heterocycles. The topological polar surface area (TPSA) is 88.5 Å². The molecule has 0 aliphatic carbocycles.